The van der Waals surface area contributed by atoms with Crippen molar-refractivity contribution < 1.29 is 31.5 Å². The van der Waals surface area contributed by atoms with Crippen LogP contribution in [-0.4, -0.2) is 25.2 Å². The van der Waals surface area contributed by atoms with Gasteiger partial charge in [-0.05, 0) is 36.8 Å². The lowest BCUT2D eigenvalue weighted by Gasteiger charge is -2.15. The molecule has 2 aromatic carbocycles. The van der Waals surface area contributed by atoms with Gasteiger partial charge in [0.25, 0.3) is 0 Å². The van der Waals surface area contributed by atoms with Gasteiger partial charge in [0.1, 0.15) is 17.4 Å². The molecule has 0 spiro atoms. The Bertz CT molecular complexity index is 793. The van der Waals surface area contributed by atoms with Crippen LogP contribution in [0, 0.1) is 18.6 Å². The average Bonchev–Trinajstić information content (AvgIpc) is 2.54. The summed E-state index contributed by atoms with van der Waals surface area (Å²) in [5, 5.41) is 4.96. The fraction of sp³-hybridized carbons (Fsp3) is 0.235. The fourth-order valence-corrected chi connectivity index (χ4v) is 2.02. The first kappa shape index (κ1) is 19.5. The second-order valence-corrected chi connectivity index (χ2v) is 5.41. The van der Waals surface area contributed by atoms with E-state index in [9.17, 15) is 26.7 Å². The van der Waals surface area contributed by atoms with E-state index in [4.69, 9.17) is 0 Å². The van der Waals surface area contributed by atoms with Crippen molar-refractivity contribution in [2.24, 2.45) is 0 Å². The summed E-state index contributed by atoms with van der Waals surface area (Å²) in [6, 6.07) is 6.72. The van der Waals surface area contributed by atoms with Crippen LogP contribution in [0.4, 0.5) is 33.3 Å². The van der Waals surface area contributed by atoms with Crippen LogP contribution in [0.5, 0.6) is 5.75 Å². The van der Waals surface area contributed by atoms with Gasteiger partial charge in [-0.2, -0.15) is 13.2 Å². The minimum Gasteiger partial charge on any atom is -0.482 e. The van der Waals surface area contributed by atoms with E-state index >= 15 is 0 Å². The number of hydrogen-bond donors (Lipinski definition) is 2. The lowest BCUT2D eigenvalue weighted by atomic mass is 10.2. The molecule has 0 radical (unpaired) electrons. The molecule has 4 nitrogen and oxygen atoms in total. The van der Waals surface area contributed by atoms with Gasteiger partial charge in [0.15, 0.2) is 6.61 Å². The monoisotopic (exact) mass is 374 g/mol. The summed E-state index contributed by atoms with van der Waals surface area (Å²) in [6.07, 6.45) is -4.56. The zero-order valence-electron chi connectivity index (χ0n) is 13.6. The molecule has 26 heavy (non-hydrogen) atoms. The number of rotatable bonds is 6. The SMILES string of the molecule is Cc1ccc(F)cc1NC(=O)CNc1cc(F)ccc1OCC(F)(F)F. The summed E-state index contributed by atoms with van der Waals surface area (Å²) < 4.78 is 67.9. The highest BCUT2D eigenvalue weighted by molar-refractivity contribution is 5.94. The first-order valence-electron chi connectivity index (χ1n) is 7.43. The molecule has 0 unspecified atom stereocenters. The molecule has 0 heterocycles. The summed E-state index contributed by atoms with van der Waals surface area (Å²) >= 11 is 0. The van der Waals surface area contributed by atoms with Crippen LogP contribution >= 0.6 is 0 Å². The van der Waals surface area contributed by atoms with Crippen molar-refractivity contribution in [3.8, 4) is 5.75 Å². The molecule has 0 aliphatic carbocycles. The van der Waals surface area contributed by atoms with Crippen LogP contribution in [0.3, 0.4) is 0 Å². The van der Waals surface area contributed by atoms with Crippen LogP contribution < -0.4 is 15.4 Å². The number of hydrogen-bond acceptors (Lipinski definition) is 3. The van der Waals surface area contributed by atoms with E-state index in [1.54, 1.807) is 6.92 Å². The quantitative estimate of drug-likeness (QED) is 0.743. The van der Waals surface area contributed by atoms with Gasteiger partial charge in [0.05, 0.1) is 12.2 Å². The molecule has 0 bridgehead atoms. The van der Waals surface area contributed by atoms with Crippen LogP contribution in [-0.2, 0) is 4.79 Å². The maximum atomic E-state index is 13.3. The Morgan fingerprint density at radius 2 is 1.65 bits per heavy atom. The van der Waals surface area contributed by atoms with Crippen LogP contribution in [0.2, 0.25) is 0 Å². The summed E-state index contributed by atoms with van der Waals surface area (Å²) in [5.74, 6) is -2.09. The second kappa shape index (κ2) is 8.03. The standard InChI is InChI=1S/C17H15F5N2O2/c1-10-2-3-11(18)6-13(10)24-16(25)8-23-14-7-12(19)4-5-15(14)26-9-17(20,21)22/h2-7,23H,8-9H2,1H3,(H,24,25). The van der Waals surface area contributed by atoms with Crippen LogP contribution in [0.1, 0.15) is 5.56 Å². The van der Waals surface area contributed by atoms with Gasteiger partial charge in [-0.3, -0.25) is 4.79 Å². The van der Waals surface area contributed by atoms with Gasteiger partial charge in [-0.15, -0.1) is 0 Å². The van der Waals surface area contributed by atoms with Gasteiger partial charge in [-0.1, -0.05) is 6.07 Å². The maximum Gasteiger partial charge on any atom is 0.422 e. The normalized spacial score (nSPS) is 11.2. The highest BCUT2D eigenvalue weighted by Crippen LogP contribution is 2.27. The van der Waals surface area contributed by atoms with Gasteiger partial charge in [-0.25, -0.2) is 8.78 Å². The highest BCUT2D eigenvalue weighted by Gasteiger charge is 2.29. The third kappa shape index (κ3) is 5.91. The van der Waals surface area contributed by atoms with E-state index in [0.717, 1.165) is 24.3 Å². The summed E-state index contributed by atoms with van der Waals surface area (Å²) in [7, 11) is 0. The van der Waals surface area contributed by atoms with Crippen molar-refractivity contribution in [3.63, 3.8) is 0 Å². The summed E-state index contributed by atoms with van der Waals surface area (Å²) in [6.45, 7) is -0.276. The molecular formula is C17H15F5N2O2. The Labute approximate surface area is 146 Å². The molecule has 0 fully saturated rings. The number of carbonyl (C=O) groups is 1. The number of aryl methyl sites for hydroxylation is 1. The third-order valence-electron chi connectivity index (χ3n) is 3.25. The van der Waals surface area contributed by atoms with E-state index in [0.29, 0.717) is 5.56 Å². The number of halogens is 5. The fourth-order valence-electron chi connectivity index (χ4n) is 2.02. The molecule has 2 rings (SSSR count). The van der Waals surface area contributed by atoms with Crippen molar-refractivity contribution >= 4 is 17.3 Å². The zero-order chi connectivity index (χ0) is 19.3. The van der Waals surface area contributed by atoms with Crippen molar-refractivity contribution in [1.29, 1.82) is 0 Å². The molecule has 0 atom stereocenters. The smallest absolute Gasteiger partial charge is 0.422 e. The molecule has 2 N–H and O–H groups in total. The Kier molecular flexibility index (Phi) is 6.01. The van der Waals surface area contributed by atoms with Gasteiger partial charge in [0, 0.05) is 11.8 Å². The first-order valence-corrected chi connectivity index (χ1v) is 7.43. The molecule has 0 aliphatic rings. The van der Waals surface area contributed by atoms with E-state index in [2.05, 4.69) is 15.4 Å². The molecule has 2 aromatic rings. The predicted octanol–water partition coefficient (Wildman–Crippen LogP) is 4.26. The number of alkyl halides is 3. The van der Waals surface area contributed by atoms with Crippen molar-refractivity contribution in [3.05, 3.63) is 53.6 Å². The first-order chi connectivity index (χ1) is 12.1. The minimum atomic E-state index is -4.56. The Morgan fingerprint density at radius 1 is 1.04 bits per heavy atom. The third-order valence-corrected chi connectivity index (χ3v) is 3.25. The second-order valence-electron chi connectivity index (χ2n) is 5.41. The van der Waals surface area contributed by atoms with E-state index < -0.39 is 30.3 Å². The molecule has 140 valence electrons. The number of benzene rings is 2. The van der Waals surface area contributed by atoms with Gasteiger partial charge < -0.3 is 15.4 Å². The topological polar surface area (TPSA) is 50.4 Å². The number of carbonyl (C=O) groups excluding carboxylic acids is 1. The molecule has 0 saturated carbocycles. The lowest BCUT2D eigenvalue weighted by molar-refractivity contribution is -0.153. The Hall–Kier alpha value is -2.84. The van der Waals surface area contributed by atoms with Crippen LogP contribution in [0.25, 0.3) is 0 Å². The molecule has 0 saturated heterocycles. The average molecular weight is 374 g/mol. The van der Waals surface area contributed by atoms with Crippen molar-refractivity contribution in [2.45, 2.75) is 13.1 Å². The summed E-state index contributed by atoms with van der Waals surface area (Å²) in [5.41, 5.74) is 0.768. The summed E-state index contributed by atoms with van der Waals surface area (Å²) in [4.78, 5) is 12.0. The lowest BCUT2D eigenvalue weighted by Crippen LogP contribution is -2.23. The van der Waals surface area contributed by atoms with E-state index in [1.165, 1.54) is 12.1 Å². The molecule has 9 heteroatoms. The number of ether oxygens (including phenoxy) is 1. The maximum absolute atomic E-state index is 13.3. The Balaban J connectivity index is 2.02. The number of nitrogens with one attached hydrogen (secondary N) is 2. The largest absolute Gasteiger partial charge is 0.482 e. The molecule has 0 aromatic heterocycles. The minimum absolute atomic E-state index is 0.111. The van der Waals surface area contributed by atoms with E-state index in [-0.39, 0.29) is 23.7 Å². The highest BCUT2D eigenvalue weighted by atomic mass is 19.4. The van der Waals surface area contributed by atoms with Crippen molar-refractivity contribution in [1.82, 2.24) is 0 Å². The van der Waals surface area contributed by atoms with Gasteiger partial charge >= 0.3 is 6.18 Å². The predicted molar refractivity (Wildman–Crippen MR) is 86.2 cm³/mol. The number of anilines is 2. The van der Waals surface area contributed by atoms with Crippen LogP contribution in [0.15, 0.2) is 36.4 Å². The molecule has 0 aliphatic heterocycles. The molecule has 1 amide bonds. The van der Waals surface area contributed by atoms with E-state index in [1.807, 2.05) is 0 Å². The van der Waals surface area contributed by atoms with Crippen molar-refractivity contribution in [2.75, 3.05) is 23.8 Å². The number of amides is 1. The zero-order valence-corrected chi connectivity index (χ0v) is 13.6. The molecular weight excluding hydrogens is 359 g/mol. The van der Waals surface area contributed by atoms with Gasteiger partial charge in [0.2, 0.25) is 5.91 Å². The Morgan fingerprint density at radius 3 is 2.31 bits per heavy atom.